The monoisotopic (exact) mass is 849 g/mol. The Morgan fingerprint density at radius 3 is 1.56 bits per heavy atom. The Morgan fingerprint density at radius 2 is 0.984 bits per heavy atom. The predicted molar refractivity (Wildman–Crippen MR) is 238 cm³/mol. The maximum atomic E-state index is 16.4. The minimum atomic E-state index is -0.687. The normalized spacial score (nSPS) is 11.2. The van der Waals surface area contributed by atoms with Crippen LogP contribution in [-0.4, -0.2) is 70.6 Å². The molecule has 63 heavy (non-hydrogen) atoms. The number of anilines is 2. The summed E-state index contributed by atoms with van der Waals surface area (Å²) < 4.78 is 60.2. The molecule has 0 fully saturated rings. The molecule has 8 aromatic rings. The number of nitrogens with zero attached hydrogens (tertiary/aromatic N) is 5. The number of amides is 4. The van der Waals surface area contributed by atoms with Crippen molar-refractivity contribution >= 4 is 45.5 Å². The number of nitrogens with one attached hydrogen (secondary N) is 4. The van der Waals surface area contributed by atoms with Crippen LogP contribution in [-0.2, 0) is 0 Å². The summed E-state index contributed by atoms with van der Waals surface area (Å²) in [5.41, 5.74) is 5.63. The van der Waals surface area contributed by atoms with Crippen LogP contribution in [0.3, 0.4) is 0 Å². The first kappa shape index (κ1) is 41.9. The van der Waals surface area contributed by atoms with Crippen LogP contribution in [0.15, 0.2) is 121 Å². The van der Waals surface area contributed by atoms with Gasteiger partial charge in [0.15, 0.2) is 0 Å². The summed E-state index contributed by atoms with van der Waals surface area (Å²) in [6.45, 7) is 3.29. The highest BCUT2D eigenvalue weighted by atomic mass is 19.1. The van der Waals surface area contributed by atoms with E-state index in [0.29, 0.717) is 86.7 Å². The van der Waals surface area contributed by atoms with Crippen molar-refractivity contribution in [2.75, 3.05) is 44.4 Å². The zero-order valence-corrected chi connectivity index (χ0v) is 34.2. The maximum Gasteiger partial charge on any atom is 0.319 e. The van der Waals surface area contributed by atoms with Crippen molar-refractivity contribution in [3.63, 3.8) is 0 Å². The van der Waals surface area contributed by atoms with Gasteiger partial charge in [-0.05, 0) is 148 Å². The van der Waals surface area contributed by atoms with Crippen LogP contribution in [0.1, 0.15) is 6.92 Å². The fourth-order valence-corrected chi connectivity index (χ4v) is 7.00. The molecule has 2 aromatic heterocycles. The standard InChI is InChI=1S/C48H39F4N9O2/c1-4-53-47(62)55-33-15-19-39-41(25-33)60-45(43(57-39)27-5-10-30(49)11-6-27)29-9-18-38(52)37(23-29)36-24-32(51)14-17-35(36)46-44(28-7-12-31(50)13-8-28)59-42-26-34(16-20-40(42)58-46)56-48(63)54-21-22-61(2)3/h5-20,23-26H,4,21-22H2,1-3H3,(H2,53,55,62)(H2,54,56,63). The average Bonchev–Trinajstić information content (AvgIpc) is 3.26. The van der Waals surface area contributed by atoms with Crippen LogP contribution in [0.5, 0.6) is 0 Å². The third-order valence-electron chi connectivity index (χ3n) is 10.0. The van der Waals surface area contributed by atoms with Crippen molar-refractivity contribution in [3.8, 4) is 56.2 Å². The van der Waals surface area contributed by atoms with E-state index in [1.54, 1.807) is 55.5 Å². The van der Waals surface area contributed by atoms with Gasteiger partial charge < -0.3 is 26.2 Å². The minimum Gasteiger partial charge on any atom is -0.338 e. The lowest BCUT2D eigenvalue weighted by molar-refractivity contribution is 0.250. The van der Waals surface area contributed by atoms with Gasteiger partial charge in [0.05, 0.1) is 44.8 Å². The van der Waals surface area contributed by atoms with Crippen molar-refractivity contribution in [2.24, 2.45) is 0 Å². The fraction of sp³-hybridized carbons (Fsp3) is 0.125. The van der Waals surface area contributed by atoms with Crippen LogP contribution in [0.4, 0.5) is 38.5 Å². The molecule has 8 rings (SSSR count). The summed E-state index contributed by atoms with van der Waals surface area (Å²) in [7, 11) is 3.80. The van der Waals surface area contributed by atoms with E-state index in [-0.39, 0.29) is 22.5 Å². The first-order chi connectivity index (χ1) is 30.4. The number of hydrogen-bond donors (Lipinski definition) is 4. The van der Waals surface area contributed by atoms with E-state index in [1.165, 1.54) is 72.8 Å². The van der Waals surface area contributed by atoms with Gasteiger partial charge >= 0.3 is 12.1 Å². The van der Waals surface area contributed by atoms with Crippen molar-refractivity contribution in [1.82, 2.24) is 35.5 Å². The SMILES string of the molecule is CCNC(=O)Nc1ccc2nc(-c3ccc(F)cc3)c(-c3ccc(F)c(-c4cc(F)ccc4-c4nc5ccc(NC(=O)NCCN(C)C)cc5nc4-c4ccc(F)cc4)c3)nc2c1. The molecular weight excluding hydrogens is 811 g/mol. The van der Waals surface area contributed by atoms with Crippen molar-refractivity contribution in [3.05, 3.63) is 145 Å². The van der Waals surface area contributed by atoms with Gasteiger partial charge in [-0.1, -0.05) is 0 Å². The quantitative estimate of drug-likeness (QED) is 0.0951. The molecule has 316 valence electrons. The number of fused-ring (bicyclic) bond motifs is 2. The lowest BCUT2D eigenvalue weighted by Gasteiger charge is -2.17. The molecule has 0 aliphatic rings. The van der Waals surface area contributed by atoms with E-state index >= 15 is 8.78 Å². The van der Waals surface area contributed by atoms with E-state index in [9.17, 15) is 18.4 Å². The van der Waals surface area contributed by atoms with Crippen LogP contribution >= 0.6 is 0 Å². The first-order valence-electron chi connectivity index (χ1n) is 19.9. The van der Waals surface area contributed by atoms with Crippen molar-refractivity contribution in [1.29, 1.82) is 0 Å². The number of aromatic nitrogens is 4. The largest absolute Gasteiger partial charge is 0.338 e. The Hall–Kier alpha value is -7.78. The molecular formula is C48H39F4N9O2. The second kappa shape index (κ2) is 18.1. The molecule has 0 saturated heterocycles. The highest BCUT2D eigenvalue weighted by Crippen LogP contribution is 2.41. The summed E-state index contributed by atoms with van der Waals surface area (Å²) in [6.07, 6.45) is 0. The smallest absolute Gasteiger partial charge is 0.319 e. The molecule has 0 radical (unpaired) electrons. The summed E-state index contributed by atoms with van der Waals surface area (Å²) in [6, 6.07) is 28.8. The van der Waals surface area contributed by atoms with E-state index in [0.717, 1.165) is 0 Å². The number of benzene rings is 6. The second-order valence-corrected chi connectivity index (χ2v) is 14.8. The second-order valence-electron chi connectivity index (χ2n) is 14.8. The molecule has 4 amide bonds. The molecule has 11 nitrogen and oxygen atoms in total. The molecule has 0 saturated carbocycles. The Labute approximate surface area is 359 Å². The van der Waals surface area contributed by atoms with Gasteiger partial charge in [0.1, 0.15) is 23.3 Å². The highest BCUT2D eigenvalue weighted by Gasteiger charge is 2.22. The highest BCUT2D eigenvalue weighted by molar-refractivity contribution is 5.97. The maximum absolute atomic E-state index is 16.4. The van der Waals surface area contributed by atoms with E-state index < -0.39 is 35.3 Å². The Bertz CT molecular complexity index is 3020. The molecule has 4 N–H and O–H groups in total. The summed E-state index contributed by atoms with van der Waals surface area (Å²) >= 11 is 0. The van der Waals surface area contributed by atoms with Gasteiger partial charge in [0, 0.05) is 58.8 Å². The molecule has 2 heterocycles. The van der Waals surface area contributed by atoms with Crippen LogP contribution < -0.4 is 21.3 Å². The van der Waals surface area contributed by atoms with E-state index in [2.05, 4.69) is 21.3 Å². The summed E-state index contributed by atoms with van der Waals surface area (Å²) in [5.74, 6) is -2.27. The predicted octanol–water partition coefficient (Wildman–Crippen LogP) is 10.3. The minimum absolute atomic E-state index is 0.00705. The molecule has 0 aliphatic heterocycles. The molecule has 0 unspecified atom stereocenters. The number of hydrogen-bond acceptors (Lipinski definition) is 7. The zero-order valence-electron chi connectivity index (χ0n) is 34.2. The lowest BCUT2D eigenvalue weighted by Crippen LogP contribution is -2.34. The molecule has 6 aromatic carbocycles. The number of likely N-dealkylation sites (N-methyl/N-ethyl adjacent to an activating group) is 1. The summed E-state index contributed by atoms with van der Waals surface area (Å²) in [4.78, 5) is 46.7. The van der Waals surface area contributed by atoms with Crippen LogP contribution in [0, 0.1) is 23.3 Å². The third-order valence-corrected chi connectivity index (χ3v) is 10.0. The van der Waals surface area contributed by atoms with E-state index in [1.807, 2.05) is 19.0 Å². The van der Waals surface area contributed by atoms with Gasteiger partial charge in [-0.15, -0.1) is 0 Å². The molecule has 0 aliphatic carbocycles. The number of carbonyl (C=O) groups excluding carboxylic acids is 2. The number of halogens is 4. The fourth-order valence-electron chi connectivity index (χ4n) is 7.00. The summed E-state index contributed by atoms with van der Waals surface area (Å²) in [5, 5.41) is 11.1. The molecule has 0 atom stereocenters. The van der Waals surface area contributed by atoms with Gasteiger partial charge in [-0.25, -0.2) is 47.1 Å². The third kappa shape index (κ3) is 9.43. The Kier molecular flexibility index (Phi) is 12.0. The first-order valence-corrected chi connectivity index (χ1v) is 19.9. The van der Waals surface area contributed by atoms with E-state index in [4.69, 9.17) is 19.9 Å². The Morgan fingerprint density at radius 1 is 0.492 bits per heavy atom. The van der Waals surface area contributed by atoms with Crippen LogP contribution in [0.2, 0.25) is 0 Å². The molecule has 0 bridgehead atoms. The number of carbonyl (C=O) groups is 2. The van der Waals surface area contributed by atoms with Gasteiger partial charge in [0.2, 0.25) is 0 Å². The van der Waals surface area contributed by atoms with Gasteiger partial charge in [-0.3, -0.25) is 0 Å². The molecule has 0 spiro atoms. The van der Waals surface area contributed by atoms with Crippen molar-refractivity contribution < 1.29 is 27.2 Å². The van der Waals surface area contributed by atoms with Gasteiger partial charge in [0.25, 0.3) is 0 Å². The topological polar surface area (TPSA) is 137 Å². The number of rotatable bonds is 11. The lowest BCUT2D eigenvalue weighted by atomic mass is 9.92. The zero-order chi connectivity index (χ0) is 44.2. The molecule has 15 heteroatoms. The van der Waals surface area contributed by atoms with Gasteiger partial charge in [-0.2, -0.15) is 0 Å². The Balaban J connectivity index is 1.27. The van der Waals surface area contributed by atoms with Crippen LogP contribution in [0.25, 0.3) is 78.2 Å². The van der Waals surface area contributed by atoms with Crippen molar-refractivity contribution in [2.45, 2.75) is 6.92 Å². The average molecular weight is 850 g/mol. The number of urea groups is 2.